The standard InChI is InChI=1S/C47H63N9O13/c1-8-28-40(61)51-30-16-17-36(59)56(44(30)65)33(19-26-13-10-9-11-14-26)45(66)55(7)32-20-27-21-34(57)35(58)22-31(27)52-47(68)48-18-12-15-29(50-39(60)24(4)5)41(62)54-38(43(64)49-28)25(6)69-46(67)37(23(2)3)53-42(32)63/h8-11,13-14,21-25,29-30,32-33,36-38,57-59H,12,15-20H2,1-7H3,(H,49,64)(H,50,60)(H,51,61)(H,53,63)(H,54,62)(H2,48,52,68)/b28-8-/t25-,29+,30?,32?,33-,36-,37-,38?/m0/s1. The first-order valence-electron chi connectivity index (χ1n) is 22.9. The van der Waals surface area contributed by atoms with Gasteiger partial charge in [0, 0.05) is 44.1 Å². The number of aromatic hydroxyl groups is 2. The number of benzene rings is 2. The van der Waals surface area contributed by atoms with E-state index < -0.39 is 132 Å². The number of aliphatic hydroxyl groups is 1. The molecule has 4 bridgehead atoms. The largest absolute Gasteiger partial charge is 0.504 e. The summed E-state index contributed by atoms with van der Waals surface area (Å²) in [6.07, 6.45) is -2.80. The molecule has 22 nitrogen and oxygen atoms in total. The van der Waals surface area contributed by atoms with Crippen LogP contribution in [-0.2, 0) is 55.9 Å². The summed E-state index contributed by atoms with van der Waals surface area (Å²) in [5.74, 6) is -9.86. The number of rotatable bonds is 5. The second kappa shape index (κ2) is 23.2. The van der Waals surface area contributed by atoms with Gasteiger partial charge in [-0.05, 0) is 62.6 Å². The van der Waals surface area contributed by atoms with Crippen molar-refractivity contribution < 1.29 is 63.2 Å². The highest BCUT2D eigenvalue weighted by Crippen LogP contribution is 2.33. The molecule has 0 saturated carbocycles. The maximum atomic E-state index is 15.2. The smallest absolute Gasteiger partial charge is 0.329 e. The van der Waals surface area contributed by atoms with Gasteiger partial charge in [-0.25, -0.2) is 9.59 Å². The number of likely N-dealkylation sites (N-methyl/N-ethyl adjacent to an activating group) is 1. The van der Waals surface area contributed by atoms with E-state index >= 15 is 4.79 Å². The number of allylic oxidation sites excluding steroid dienone is 1. The van der Waals surface area contributed by atoms with Crippen molar-refractivity contribution in [1.29, 1.82) is 0 Å². The fraction of sp³-hybridized carbons (Fsp3) is 0.511. The molecule has 3 unspecified atom stereocenters. The average Bonchev–Trinajstić information content (AvgIpc) is 3.29. The van der Waals surface area contributed by atoms with Gasteiger partial charge < -0.3 is 67.1 Å². The molecule has 8 atom stereocenters. The Hall–Kier alpha value is -7.23. The number of carbonyl (C=O) groups is 9. The molecule has 2 aromatic carbocycles. The van der Waals surface area contributed by atoms with Gasteiger partial charge in [-0.3, -0.25) is 33.6 Å². The number of carbonyl (C=O) groups excluding carboxylic acids is 9. The molecular formula is C47H63N9O13. The van der Waals surface area contributed by atoms with E-state index in [-0.39, 0.29) is 55.6 Å². The Labute approximate surface area is 399 Å². The van der Waals surface area contributed by atoms with E-state index in [4.69, 9.17) is 4.74 Å². The number of piperidine rings is 1. The molecule has 10 N–H and O–H groups in total. The number of nitrogens with zero attached hydrogens (tertiary/aromatic N) is 2. The van der Waals surface area contributed by atoms with Gasteiger partial charge in [0.25, 0.3) is 11.8 Å². The molecule has 9 amide bonds. The number of phenols is 2. The average molecular weight is 962 g/mol. The molecular weight excluding hydrogens is 899 g/mol. The Kier molecular flexibility index (Phi) is 17.7. The quantitative estimate of drug-likeness (QED) is 0.0828. The first-order chi connectivity index (χ1) is 32.6. The molecule has 69 heavy (non-hydrogen) atoms. The number of hydrogen-bond donors (Lipinski definition) is 10. The minimum atomic E-state index is -1.76. The molecule has 374 valence electrons. The number of ether oxygens (including phenoxy) is 1. The first kappa shape index (κ1) is 52.7. The number of nitrogens with one attached hydrogen (secondary N) is 7. The first-order valence-corrected chi connectivity index (χ1v) is 22.9. The molecule has 2 aromatic rings. The van der Waals surface area contributed by atoms with Crippen LogP contribution >= 0.6 is 0 Å². The molecule has 2 saturated heterocycles. The van der Waals surface area contributed by atoms with Crippen molar-refractivity contribution in [2.75, 3.05) is 18.9 Å². The number of anilines is 1. The molecule has 0 aliphatic carbocycles. The van der Waals surface area contributed by atoms with Gasteiger partial charge in [-0.2, -0.15) is 0 Å². The zero-order chi connectivity index (χ0) is 50.9. The fourth-order valence-corrected chi connectivity index (χ4v) is 8.16. The molecule has 5 rings (SSSR count). The van der Waals surface area contributed by atoms with Gasteiger partial charge in [-0.15, -0.1) is 0 Å². The van der Waals surface area contributed by atoms with Crippen LogP contribution in [0.4, 0.5) is 10.5 Å². The predicted octanol–water partition coefficient (Wildman–Crippen LogP) is 0.151. The van der Waals surface area contributed by atoms with Gasteiger partial charge >= 0.3 is 12.0 Å². The topological polar surface area (TPSA) is 314 Å². The molecule has 0 aromatic heterocycles. The predicted molar refractivity (Wildman–Crippen MR) is 247 cm³/mol. The fourth-order valence-electron chi connectivity index (χ4n) is 8.16. The van der Waals surface area contributed by atoms with Crippen LogP contribution in [-0.4, -0.2) is 141 Å². The zero-order valence-corrected chi connectivity index (χ0v) is 39.7. The lowest BCUT2D eigenvalue weighted by molar-refractivity contribution is -0.165. The number of amides is 9. The summed E-state index contributed by atoms with van der Waals surface area (Å²) in [6, 6.07) is 0.678. The van der Waals surface area contributed by atoms with Crippen molar-refractivity contribution in [2.24, 2.45) is 11.8 Å². The maximum Gasteiger partial charge on any atom is 0.329 e. The number of esters is 1. The van der Waals surface area contributed by atoms with Crippen molar-refractivity contribution in [3.05, 3.63) is 65.4 Å². The molecule has 0 spiro atoms. The Bertz CT molecular complexity index is 2320. The summed E-state index contributed by atoms with van der Waals surface area (Å²) < 4.78 is 5.84. The summed E-state index contributed by atoms with van der Waals surface area (Å²) in [7, 11) is 1.26. The van der Waals surface area contributed by atoms with E-state index in [1.807, 2.05) is 0 Å². The minimum absolute atomic E-state index is 0.0172. The van der Waals surface area contributed by atoms with Crippen molar-refractivity contribution in [3.63, 3.8) is 0 Å². The number of phenolic OH excluding ortho intramolecular Hbond substituents is 2. The Morgan fingerprint density at radius 1 is 0.870 bits per heavy atom. The van der Waals surface area contributed by atoms with Crippen molar-refractivity contribution >= 4 is 59.0 Å². The molecule has 3 heterocycles. The summed E-state index contributed by atoms with van der Waals surface area (Å²) in [4.78, 5) is 130. The summed E-state index contributed by atoms with van der Waals surface area (Å²) in [6.45, 7) is 8.96. The highest BCUT2D eigenvalue weighted by molar-refractivity contribution is 6.03. The third-order valence-electron chi connectivity index (χ3n) is 12.2. The second-order valence-corrected chi connectivity index (χ2v) is 18.0. The van der Waals surface area contributed by atoms with Crippen LogP contribution in [0, 0.1) is 11.8 Å². The SMILES string of the molecule is C/C=C1\NC(=O)C2NC(=O)[C@H](NC(=O)C(C)C)CCCNC(=O)Nc3cc(O)c(O)cc3CC(C(=O)N[C@@H](C(C)C)C(=O)O[C@H]2C)N(C)C(=O)[C@H](Cc2ccccc2)N2C(=O)C(CC[C@@H]2O)NC1=O. The Morgan fingerprint density at radius 2 is 1.55 bits per heavy atom. The van der Waals surface area contributed by atoms with Crippen molar-refractivity contribution in [3.8, 4) is 11.5 Å². The van der Waals surface area contributed by atoms with Crippen LogP contribution in [0.2, 0.25) is 0 Å². The van der Waals surface area contributed by atoms with E-state index in [9.17, 15) is 53.7 Å². The Morgan fingerprint density at radius 3 is 2.20 bits per heavy atom. The highest BCUT2D eigenvalue weighted by Gasteiger charge is 2.45. The van der Waals surface area contributed by atoms with Crippen LogP contribution in [0.5, 0.6) is 11.5 Å². The molecule has 3 aliphatic heterocycles. The van der Waals surface area contributed by atoms with Gasteiger partial charge in [0.2, 0.25) is 29.5 Å². The van der Waals surface area contributed by atoms with Crippen LogP contribution in [0.25, 0.3) is 0 Å². The molecule has 2 fully saturated rings. The van der Waals surface area contributed by atoms with E-state index in [0.29, 0.717) is 5.56 Å². The molecule has 3 aliphatic rings. The van der Waals surface area contributed by atoms with Gasteiger partial charge in [0.05, 0.1) is 0 Å². The normalized spacial score (nSPS) is 26.8. The van der Waals surface area contributed by atoms with E-state index in [2.05, 4.69) is 37.2 Å². The van der Waals surface area contributed by atoms with E-state index in [1.54, 1.807) is 58.0 Å². The van der Waals surface area contributed by atoms with Gasteiger partial charge in [0.1, 0.15) is 54.3 Å². The Balaban J connectivity index is 1.74. The van der Waals surface area contributed by atoms with Crippen LogP contribution in [0.15, 0.2) is 54.2 Å². The van der Waals surface area contributed by atoms with Crippen molar-refractivity contribution in [2.45, 2.75) is 129 Å². The molecule has 0 radical (unpaired) electrons. The second-order valence-electron chi connectivity index (χ2n) is 18.0. The number of hydrogen-bond acceptors (Lipinski definition) is 13. The summed E-state index contributed by atoms with van der Waals surface area (Å²) in [5.41, 5.74) is 0.0729. The minimum Gasteiger partial charge on any atom is -0.504 e. The van der Waals surface area contributed by atoms with Crippen molar-refractivity contribution in [1.82, 2.24) is 41.7 Å². The zero-order valence-electron chi connectivity index (χ0n) is 39.7. The lowest BCUT2D eigenvalue weighted by atomic mass is 9.95. The van der Waals surface area contributed by atoms with E-state index in [0.717, 1.165) is 21.9 Å². The third kappa shape index (κ3) is 13.1. The lowest BCUT2D eigenvalue weighted by Crippen LogP contribution is -2.64. The summed E-state index contributed by atoms with van der Waals surface area (Å²) in [5, 5.41) is 51.0. The van der Waals surface area contributed by atoms with Crippen LogP contribution in [0.1, 0.15) is 78.4 Å². The van der Waals surface area contributed by atoms with Crippen LogP contribution < -0.4 is 37.2 Å². The highest BCUT2D eigenvalue weighted by atomic mass is 16.5. The number of urea groups is 1. The van der Waals surface area contributed by atoms with Crippen LogP contribution in [0.3, 0.4) is 0 Å². The third-order valence-corrected chi connectivity index (χ3v) is 12.2. The van der Waals surface area contributed by atoms with Gasteiger partial charge in [-0.1, -0.05) is 64.1 Å². The molecule has 22 heteroatoms. The van der Waals surface area contributed by atoms with E-state index in [1.165, 1.54) is 27.0 Å². The lowest BCUT2D eigenvalue weighted by Gasteiger charge is -2.43. The number of fused-ring (bicyclic) bond motifs is 10. The summed E-state index contributed by atoms with van der Waals surface area (Å²) >= 11 is 0. The van der Waals surface area contributed by atoms with Gasteiger partial charge in [0.15, 0.2) is 11.5 Å². The number of aliphatic hydroxyl groups excluding tert-OH is 1. The maximum absolute atomic E-state index is 15.2. The monoisotopic (exact) mass is 961 g/mol.